The molecule has 8 nitrogen and oxygen atoms in total. The van der Waals surface area contributed by atoms with Gasteiger partial charge >= 0.3 is 5.69 Å². The van der Waals surface area contributed by atoms with E-state index in [1.807, 2.05) is 13.0 Å². The lowest BCUT2D eigenvalue weighted by molar-refractivity contribution is -0.383. The van der Waals surface area contributed by atoms with Crippen molar-refractivity contribution in [3.8, 4) is 0 Å². The average Bonchev–Trinajstić information content (AvgIpc) is 2.39. The van der Waals surface area contributed by atoms with Gasteiger partial charge in [0.2, 0.25) is 11.6 Å². The molecule has 8 heteroatoms. The molecule has 2 aromatic rings. The SMILES string of the molecule is CC(Nc1ncnc(N)c1[N+](=O)[O-])c1cccnc1. The van der Waals surface area contributed by atoms with E-state index in [4.69, 9.17) is 5.73 Å². The summed E-state index contributed by atoms with van der Waals surface area (Å²) >= 11 is 0. The van der Waals surface area contributed by atoms with Gasteiger partial charge in [0.15, 0.2) is 0 Å². The summed E-state index contributed by atoms with van der Waals surface area (Å²) in [6.45, 7) is 1.85. The van der Waals surface area contributed by atoms with Crippen LogP contribution < -0.4 is 11.1 Å². The molecule has 0 amide bonds. The van der Waals surface area contributed by atoms with E-state index in [0.717, 1.165) is 5.56 Å². The number of nitrogen functional groups attached to an aromatic ring is 1. The first-order valence-electron chi connectivity index (χ1n) is 5.51. The summed E-state index contributed by atoms with van der Waals surface area (Å²) in [4.78, 5) is 21.8. The fourth-order valence-electron chi connectivity index (χ4n) is 1.60. The maximum absolute atomic E-state index is 11.0. The lowest BCUT2D eigenvalue weighted by atomic mass is 10.1. The van der Waals surface area contributed by atoms with Crippen molar-refractivity contribution in [1.29, 1.82) is 0 Å². The van der Waals surface area contributed by atoms with Crippen molar-refractivity contribution in [2.24, 2.45) is 0 Å². The molecule has 0 saturated heterocycles. The van der Waals surface area contributed by atoms with Gasteiger partial charge in [0.25, 0.3) is 0 Å². The van der Waals surface area contributed by atoms with E-state index < -0.39 is 4.92 Å². The Morgan fingerprint density at radius 2 is 2.26 bits per heavy atom. The molecule has 0 aliphatic rings. The van der Waals surface area contributed by atoms with Gasteiger partial charge in [0.1, 0.15) is 6.33 Å². The van der Waals surface area contributed by atoms with Gasteiger partial charge in [0, 0.05) is 12.4 Å². The monoisotopic (exact) mass is 260 g/mol. The Labute approximate surface area is 108 Å². The Morgan fingerprint density at radius 3 is 2.89 bits per heavy atom. The van der Waals surface area contributed by atoms with Gasteiger partial charge in [-0.05, 0) is 18.6 Å². The highest BCUT2D eigenvalue weighted by molar-refractivity contribution is 5.67. The highest BCUT2D eigenvalue weighted by atomic mass is 16.6. The van der Waals surface area contributed by atoms with Crippen LogP contribution in [0.2, 0.25) is 0 Å². The van der Waals surface area contributed by atoms with Crippen molar-refractivity contribution in [1.82, 2.24) is 15.0 Å². The van der Waals surface area contributed by atoms with Crippen molar-refractivity contribution in [2.45, 2.75) is 13.0 Å². The minimum atomic E-state index is -0.604. The molecule has 0 radical (unpaired) electrons. The lowest BCUT2D eigenvalue weighted by Gasteiger charge is -2.14. The second-order valence-corrected chi connectivity index (χ2v) is 3.87. The van der Waals surface area contributed by atoms with Crippen LogP contribution in [0.15, 0.2) is 30.9 Å². The molecular weight excluding hydrogens is 248 g/mol. The number of rotatable bonds is 4. The third kappa shape index (κ3) is 2.73. The summed E-state index contributed by atoms with van der Waals surface area (Å²) in [6, 6.07) is 3.46. The number of anilines is 2. The average molecular weight is 260 g/mol. The number of nitrogens with one attached hydrogen (secondary N) is 1. The molecule has 2 aromatic heterocycles. The molecule has 98 valence electrons. The molecule has 0 fully saturated rings. The van der Waals surface area contributed by atoms with Gasteiger partial charge in [-0.1, -0.05) is 6.07 Å². The van der Waals surface area contributed by atoms with Gasteiger partial charge in [-0.2, -0.15) is 0 Å². The summed E-state index contributed by atoms with van der Waals surface area (Å²) in [6.07, 6.45) is 4.51. The second kappa shape index (κ2) is 5.25. The summed E-state index contributed by atoms with van der Waals surface area (Å²) < 4.78 is 0. The van der Waals surface area contributed by atoms with E-state index >= 15 is 0 Å². The van der Waals surface area contributed by atoms with Crippen LogP contribution in [0.25, 0.3) is 0 Å². The minimum Gasteiger partial charge on any atom is -0.378 e. The predicted octanol–water partition coefficient (Wildman–Crippen LogP) is 1.54. The number of aromatic nitrogens is 3. The zero-order valence-corrected chi connectivity index (χ0v) is 10.1. The summed E-state index contributed by atoms with van der Waals surface area (Å²) in [5.74, 6) is -0.0743. The molecule has 0 bridgehead atoms. The number of nitrogens with two attached hydrogens (primary N) is 1. The van der Waals surface area contributed by atoms with Crippen molar-refractivity contribution < 1.29 is 4.92 Å². The van der Waals surface area contributed by atoms with Gasteiger partial charge in [-0.3, -0.25) is 15.1 Å². The van der Waals surface area contributed by atoms with Crippen LogP contribution in [0.3, 0.4) is 0 Å². The second-order valence-electron chi connectivity index (χ2n) is 3.87. The summed E-state index contributed by atoms with van der Waals surface area (Å²) in [5, 5.41) is 13.9. The highest BCUT2D eigenvalue weighted by Gasteiger charge is 2.22. The van der Waals surface area contributed by atoms with E-state index in [1.54, 1.807) is 18.5 Å². The van der Waals surface area contributed by atoms with E-state index in [9.17, 15) is 10.1 Å². The minimum absolute atomic E-state index is 0.0915. The zero-order valence-electron chi connectivity index (χ0n) is 10.1. The number of nitrogens with zero attached hydrogens (tertiary/aromatic N) is 4. The van der Waals surface area contributed by atoms with E-state index in [0.29, 0.717) is 0 Å². The van der Waals surface area contributed by atoms with Gasteiger partial charge < -0.3 is 11.1 Å². The fourth-order valence-corrected chi connectivity index (χ4v) is 1.60. The van der Waals surface area contributed by atoms with Crippen LogP contribution in [0.4, 0.5) is 17.3 Å². The number of pyridine rings is 1. The Kier molecular flexibility index (Phi) is 3.51. The van der Waals surface area contributed by atoms with Crippen molar-refractivity contribution in [3.63, 3.8) is 0 Å². The normalized spacial score (nSPS) is 11.8. The molecule has 3 N–H and O–H groups in total. The van der Waals surface area contributed by atoms with Gasteiger partial charge in [0.05, 0.1) is 11.0 Å². The maximum Gasteiger partial charge on any atom is 0.353 e. The topological polar surface area (TPSA) is 120 Å². The largest absolute Gasteiger partial charge is 0.378 e. The van der Waals surface area contributed by atoms with E-state index in [-0.39, 0.29) is 23.4 Å². The molecular formula is C11H12N6O2. The maximum atomic E-state index is 11.0. The van der Waals surface area contributed by atoms with Crippen molar-refractivity contribution in [2.75, 3.05) is 11.1 Å². The van der Waals surface area contributed by atoms with Crippen molar-refractivity contribution >= 4 is 17.3 Å². The molecule has 0 spiro atoms. The van der Waals surface area contributed by atoms with Crippen LogP contribution >= 0.6 is 0 Å². The third-order valence-electron chi connectivity index (χ3n) is 2.57. The lowest BCUT2D eigenvalue weighted by Crippen LogP contribution is -2.11. The van der Waals surface area contributed by atoms with Crippen molar-refractivity contribution in [3.05, 3.63) is 46.5 Å². The van der Waals surface area contributed by atoms with Crippen LogP contribution in [-0.4, -0.2) is 19.9 Å². The quantitative estimate of drug-likeness (QED) is 0.631. The Hall–Kier alpha value is -2.77. The zero-order chi connectivity index (χ0) is 13.8. The molecule has 2 rings (SSSR count). The molecule has 0 aliphatic carbocycles. The first kappa shape index (κ1) is 12.7. The Bertz CT molecular complexity index is 589. The molecule has 1 atom stereocenters. The number of hydrogen-bond donors (Lipinski definition) is 2. The Morgan fingerprint density at radius 1 is 1.47 bits per heavy atom. The summed E-state index contributed by atoms with van der Waals surface area (Å²) in [5.41, 5.74) is 6.05. The Balaban J connectivity index is 2.29. The third-order valence-corrected chi connectivity index (χ3v) is 2.57. The van der Waals surface area contributed by atoms with Gasteiger partial charge in [-0.25, -0.2) is 9.97 Å². The van der Waals surface area contributed by atoms with Crippen LogP contribution in [0.1, 0.15) is 18.5 Å². The predicted molar refractivity (Wildman–Crippen MR) is 69.4 cm³/mol. The first-order chi connectivity index (χ1) is 9.09. The standard InChI is InChI=1S/C11H12N6O2/c1-7(8-3-2-4-13-5-8)16-11-9(17(18)19)10(12)14-6-15-11/h2-7H,1H3,(H3,12,14,15,16). The molecule has 0 saturated carbocycles. The van der Waals surface area contributed by atoms with Gasteiger partial charge in [-0.15, -0.1) is 0 Å². The molecule has 2 heterocycles. The first-order valence-corrected chi connectivity index (χ1v) is 5.51. The molecule has 1 unspecified atom stereocenters. The van der Waals surface area contributed by atoms with E-state index in [1.165, 1.54) is 6.33 Å². The summed E-state index contributed by atoms with van der Waals surface area (Å²) in [7, 11) is 0. The van der Waals surface area contributed by atoms with Crippen LogP contribution in [0, 0.1) is 10.1 Å². The van der Waals surface area contributed by atoms with E-state index in [2.05, 4.69) is 20.3 Å². The molecule has 0 aromatic carbocycles. The van der Waals surface area contributed by atoms with Crippen LogP contribution in [-0.2, 0) is 0 Å². The smallest absolute Gasteiger partial charge is 0.353 e. The number of hydrogen-bond acceptors (Lipinski definition) is 7. The molecule has 19 heavy (non-hydrogen) atoms. The highest BCUT2D eigenvalue weighted by Crippen LogP contribution is 2.29. The van der Waals surface area contributed by atoms with Crippen LogP contribution in [0.5, 0.6) is 0 Å². The number of nitro groups is 1. The fraction of sp³-hybridized carbons (Fsp3) is 0.182. The molecule has 0 aliphatic heterocycles.